The van der Waals surface area contributed by atoms with Crippen molar-refractivity contribution in [1.29, 1.82) is 0 Å². The van der Waals surface area contributed by atoms with E-state index in [1.807, 2.05) is 25.3 Å². The number of para-hydroxylation sites is 1. The maximum absolute atomic E-state index is 12.1. The van der Waals surface area contributed by atoms with Crippen LogP contribution in [-0.2, 0) is 12.8 Å². The molecule has 1 aromatic heterocycles. The summed E-state index contributed by atoms with van der Waals surface area (Å²) in [5.74, 6) is 0. The number of hydrogen-bond acceptors (Lipinski definition) is 2. The number of amides is 2. The molecule has 3 rings (SSSR count). The number of carbonyl (C=O) groups excluding carboxylic acids is 1. The van der Waals surface area contributed by atoms with Gasteiger partial charge in [0.25, 0.3) is 0 Å². The Hall–Kier alpha value is -2.01. The molecule has 0 bridgehead atoms. The highest BCUT2D eigenvalue weighted by Crippen LogP contribution is 2.25. The minimum Gasteiger partial charge on any atom is -0.335 e. The van der Waals surface area contributed by atoms with Gasteiger partial charge in [-0.05, 0) is 43.4 Å². The molecule has 2 amide bonds. The fraction of sp³-hybridized carbons (Fsp3) is 0.333. The Labute approximate surface area is 128 Å². The molecule has 1 heterocycles. The van der Waals surface area contributed by atoms with Gasteiger partial charge in [0.1, 0.15) is 0 Å². The molecule has 6 heteroatoms. The lowest BCUT2D eigenvalue weighted by molar-refractivity contribution is 0.247. The van der Waals surface area contributed by atoms with Gasteiger partial charge in [-0.15, -0.1) is 0 Å². The third-order valence-electron chi connectivity index (χ3n) is 3.81. The smallest absolute Gasteiger partial charge is 0.319 e. The Bertz CT molecular complexity index is 647. The maximum Gasteiger partial charge on any atom is 0.319 e. The molecule has 3 N–H and O–H groups in total. The molecule has 0 spiro atoms. The summed E-state index contributed by atoms with van der Waals surface area (Å²) in [5, 5.41) is 13.4. The van der Waals surface area contributed by atoms with Crippen LogP contribution in [0.1, 0.15) is 23.2 Å². The van der Waals surface area contributed by atoms with E-state index in [1.54, 1.807) is 6.07 Å². The molecular formula is C15H17ClN4O. The summed E-state index contributed by atoms with van der Waals surface area (Å²) >= 11 is 6.11. The van der Waals surface area contributed by atoms with Crippen LogP contribution in [0.4, 0.5) is 10.5 Å². The van der Waals surface area contributed by atoms with Gasteiger partial charge in [-0.3, -0.25) is 5.10 Å². The third-order valence-corrected chi connectivity index (χ3v) is 4.13. The summed E-state index contributed by atoms with van der Waals surface area (Å²) in [6, 6.07) is 5.45. The number of urea groups is 1. The molecule has 1 unspecified atom stereocenters. The summed E-state index contributed by atoms with van der Waals surface area (Å²) in [6.45, 7) is 1.92. The van der Waals surface area contributed by atoms with E-state index in [9.17, 15) is 4.79 Å². The van der Waals surface area contributed by atoms with Crippen molar-refractivity contribution >= 4 is 23.3 Å². The van der Waals surface area contributed by atoms with Gasteiger partial charge in [0.15, 0.2) is 0 Å². The number of aryl methyl sites for hydroxylation is 2. The predicted molar refractivity (Wildman–Crippen MR) is 82.7 cm³/mol. The Morgan fingerprint density at radius 3 is 3.14 bits per heavy atom. The van der Waals surface area contributed by atoms with E-state index in [4.69, 9.17) is 11.6 Å². The predicted octanol–water partition coefficient (Wildman–Crippen LogP) is 3.05. The number of anilines is 1. The fourth-order valence-corrected chi connectivity index (χ4v) is 2.93. The second-order valence-corrected chi connectivity index (χ2v) is 5.75. The van der Waals surface area contributed by atoms with Gasteiger partial charge in [-0.25, -0.2) is 4.79 Å². The summed E-state index contributed by atoms with van der Waals surface area (Å²) in [4.78, 5) is 12.1. The van der Waals surface area contributed by atoms with E-state index in [-0.39, 0.29) is 12.1 Å². The maximum atomic E-state index is 12.1. The SMILES string of the molecule is Cc1cccc(Cl)c1NC(=O)NC1CCc2[nH]ncc2C1. The van der Waals surface area contributed by atoms with Crippen LogP contribution in [-0.4, -0.2) is 22.3 Å². The minimum absolute atomic E-state index is 0.123. The van der Waals surface area contributed by atoms with Crippen molar-refractivity contribution in [3.63, 3.8) is 0 Å². The van der Waals surface area contributed by atoms with Crippen LogP contribution in [0.25, 0.3) is 0 Å². The number of aromatic nitrogens is 2. The van der Waals surface area contributed by atoms with Crippen LogP contribution >= 0.6 is 11.6 Å². The van der Waals surface area contributed by atoms with Gasteiger partial charge >= 0.3 is 6.03 Å². The molecule has 21 heavy (non-hydrogen) atoms. The number of rotatable bonds is 2. The average Bonchev–Trinajstić information content (AvgIpc) is 2.90. The first kappa shape index (κ1) is 13.9. The van der Waals surface area contributed by atoms with E-state index in [1.165, 1.54) is 11.3 Å². The molecule has 1 atom stereocenters. The molecule has 5 nitrogen and oxygen atoms in total. The zero-order valence-electron chi connectivity index (χ0n) is 11.7. The Morgan fingerprint density at radius 1 is 1.48 bits per heavy atom. The molecule has 110 valence electrons. The minimum atomic E-state index is -0.219. The number of carbonyl (C=O) groups is 1. The number of fused-ring (bicyclic) bond motifs is 1. The largest absolute Gasteiger partial charge is 0.335 e. The summed E-state index contributed by atoms with van der Waals surface area (Å²) in [6.07, 6.45) is 4.45. The van der Waals surface area contributed by atoms with Crippen LogP contribution in [0.15, 0.2) is 24.4 Å². The molecule has 0 aliphatic heterocycles. The van der Waals surface area contributed by atoms with E-state index in [0.29, 0.717) is 10.7 Å². The van der Waals surface area contributed by atoms with Gasteiger partial charge < -0.3 is 10.6 Å². The van der Waals surface area contributed by atoms with Gasteiger partial charge in [-0.1, -0.05) is 23.7 Å². The lowest BCUT2D eigenvalue weighted by Crippen LogP contribution is -2.41. The standard InChI is InChI=1S/C15H17ClN4O/c1-9-3-2-4-12(16)14(9)19-15(21)18-11-5-6-13-10(7-11)8-17-20-13/h2-4,8,11H,5-7H2,1H3,(H,17,20)(H2,18,19,21). The van der Waals surface area contributed by atoms with Crippen molar-refractivity contribution in [1.82, 2.24) is 15.5 Å². The van der Waals surface area contributed by atoms with Crippen molar-refractivity contribution in [2.45, 2.75) is 32.2 Å². The molecule has 1 aliphatic rings. The van der Waals surface area contributed by atoms with Crippen LogP contribution in [0.2, 0.25) is 5.02 Å². The lowest BCUT2D eigenvalue weighted by atomic mass is 9.94. The molecule has 2 aromatic rings. The Balaban J connectivity index is 1.63. The zero-order valence-corrected chi connectivity index (χ0v) is 12.5. The van der Waals surface area contributed by atoms with Gasteiger partial charge in [0, 0.05) is 11.7 Å². The monoisotopic (exact) mass is 304 g/mol. The van der Waals surface area contributed by atoms with Crippen LogP contribution in [0.5, 0.6) is 0 Å². The molecule has 0 saturated carbocycles. The number of nitrogens with one attached hydrogen (secondary N) is 3. The number of hydrogen-bond donors (Lipinski definition) is 3. The fourth-order valence-electron chi connectivity index (χ4n) is 2.66. The third kappa shape index (κ3) is 3.03. The topological polar surface area (TPSA) is 69.8 Å². The van der Waals surface area contributed by atoms with E-state index in [0.717, 1.165) is 24.8 Å². The van der Waals surface area contributed by atoms with Gasteiger partial charge in [0.2, 0.25) is 0 Å². The van der Waals surface area contributed by atoms with Crippen molar-refractivity contribution in [2.75, 3.05) is 5.32 Å². The van der Waals surface area contributed by atoms with Crippen molar-refractivity contribution in [2.24, 2.45) is 0 Å². The second kappa shape index (κ2) is 5.77. The van der Waals surface area contributed by atoms with Crippen LogP contribution in [0, 0.1) is 6.92 Å². The summed E-state index contributed by atoms with van der Waals surface area (Å²) in [5.41, 5.74) is 3.96. The van der Waals surface area contributed by atoms with Crippen LogP contribution in [0.3, 0.4) is 0 Å². The van der Waals surface area contributed by atoms with Gasteiger partial charge in [0.05, 0.1) is 16.9 Å². The number of H-pyrrole nitrogens is 1. The van der Waals surface area contributed by atoms with Crippen LogP contribution < -0.4 is 10.6 Å². The number of aromatic amines is 1. The molecular weight excluding hydrogens is 288 g/mol. The number of nitrogens with zero attached hydrogens (tertiary/aromatic N) is 1. The second-order valence-electron chi connectivity index (χ2n) is 5.34. The van der Waals surface area contributed by atoms with Gasteiger partial charge in [-0.2, -0.15) is 5.10 Å². The molecule has 1 aromatic carbocycles. The Morgan fingerprint density at radius 2 is 2.33 bits per heavy atom. The molecule has 0 fully saturated rings. The van der Waals surface area contributed by atoms with E-state index < -0.39 is 0 Å². The first-order valence-corrected chi connectivity index (χ1v) is 7.35. The van der Waals surface area contributed by atoms with Crippen molar-refractivity contribution < 1.29 is 4.79 Å². The normalized spacial score (nSPS) is 17.1. The number of halogens is 1. The van der Waals surface area contributed by atoms with E-state index >= 15 is 0 Å². The highest BCUT2D eigenvalue weighted by molar-refractivity contribution is 6.33. The molecule has 0 radical (unpaired) electrons. The summed E-state index contributed by atoms with van der Waals surface area (Å²) < 4.78 is 0. The highest BCUT2D eigenvalue weighted by Gasteiger charge is 2.21. The van der Waals surface area contributed by atoms with E-state index in [2.05, 4.69) is 20.8 Å². The molecule has 0 saturated heterocycles. The highest BCUT2D eigenvalue weighted by atomic mass is 35.5. The number of benzene rings is 1. The van der Waals surface area contributed by atoms with Crippen molar-refractivity contribution in [3.8, 4) is 0 Å². The zero-order chi connectivity index (χ0) is 14.8. The average molecular weight is 305 g/mol. The van der Waals surface area contributed by atoms with Crippen molar-refractivity contribution in [3.05, 3.63) is 46.2 Å². The summed E-state index contributed by atoms with van der Waals surface area (Å²) in [7, 11) is 0. The lowest BCUT2D eigenvalue weighted by Gasteiger charge is -2.23. The first-order valence-electron chi connectivity index (χ1n) is 6.97. The molecule has 1 aliphatic carbocycles. The quantitative estimate of drug-likeness (QED) is 0.798. The Kier molecular flexibility index (Phi) is 3.84. The first-order chi connectivity index (χ1) is 10.1.